The Hall–Kier alpha value is -2.74. The van der Waals surface area contributed by atoms with Gasteiger partial charge in [-0.1, -0.05) is 6.07 Å². The minimum absolute atomic E-state index is 0.0449. The van der Waals surface area contributed by atoms with Crippen molar-refractivity contribution in [2.75, 3.05) is 0 Å². The lowest BCUT2D eigenvalue weighted by Gasteiger charge is -2.06. The highest BCUT2D eigenvalue weighted by atomic mass is 35.5. The molecule has 0 saturated carbocycles. The molecule has 106 valence electrons. The van der Waals surface area contributed by atoms with E-state index in [-0.39, 0.29) is 22.6 Å². The van der Waals surface area contributed by atoms with Crippen LogP contribution in [-0.4, -0.2) is 25.1 Å². The zero-order valence-electron chi connectivity index (χ0n) is 10.7. The quantitative estimate of drug-likeness (QED) is 0.453. The highest BCUT2D eigenvalue weighted by Gasteiger charge is 2.18. The molecule has 9 heteroatoms. The van der Waals surface area contributed by atoms with Gasteiger partial charge in [0.05, 0.1) is 11.1 Å². The molecule has 0 saturated heterocycles. The van der Waals surface area contributed by atoms with E-state index in [1.54, 1.807) is 13.0 Å². The smallest absolute Gasteiger partial charge is 0.311 e. The van der Waals surface area contributed by atoms with Crippen LogP contribution in [0.3, 0.4) is 0 Å². The third-order valence-corrected chi connectivity index (χ3v) is 2.93. The van der Waals surface area contributed by atoms with Crippen molar-refractivity contribution in [3.63, 3.8) is 0 Å². The third-order valence-electron chi connectivity index (χ3n) is 2.77. The van der Waals surface area contributed by atoms with Crippen LogP contribution in [0.15, 0.2) is 24.4 Å². The van der Waals surface area contributed by atoms with Crippen molar-refractivity contribution < 1.29 is 9.66 Å². The van der Waals surface area contributed by atoms with E-state index in [4.69, 9.17) is 16.3 Å². The Kier molecular flexibility index (Phi) is 3.15. The molecule has 21 heavy (non-hydrogen) atoms. The number of hydrogen-bond acceptors (Lipinski definition) is 6. The molecule has 8 nitrogen and oxygen atoms in total. The van der Waals surface area contributed by atoms with Crippen molar-refractivity contribution in [2.24, 2.45) is 0 Å². The second-order valence-corrected chi connectivity index (χ2v) is 4.60. The number of nitrogens with one attached hydrogen (secondary N) is 1. The first-order valence-electron chi connectivity index (χ1n) is 5.84. The molecule has 0 amide bonds. The van der Waals surface area contributed by atoms with E-state index >= 15 is 0 Å². The number of nitro benzene ring substituents is 1. The summed E-state index contributed by atoms with van der Waals surface area (Å²) in [5, 5.41) is 18.0. The first kappa shape index (κ1) is 13.3. The summed E-state index contributed by atoms with van der Waals surface area (Å²) in [5.74, 6) is 0.175. The minimum atomic E-state index is -0.516. The molecule has 0 aliphatic carbocycles. The van der Waals surface area contributed by atoms with Gasteiger partial charge >= 0.3 is 5.69 Å². The zero-order chi connectivity index (χ0) is 15.0. The lowest BCUT2D eigenvalue weighted by Crippen LogP contribution is -1.96. The zero-order valence-corrected chi connectivity index (χ0v) is 11.5. The molecule has 0 fully saturated rings. The van der Waals surface area contributed by atoms with Gasteiger partial charge in [-0.05, 0) is 30.2 Å². The van der Waals surface area contributed by atoms with Crippen LogP contribution in [0.5, 0.6) is 11.6 Å². The van der Waals surface area contributed by atoms with Crippen molar-refractivity contribution in [3.05, 3.63) is 45.4 Å². The molecule has 1 N–H and O–H groups in total. The SMILES string of the molecule is Cc1ccc(Oc2nc(Cl)nc3[nH]ncc23)c([N+](=O)[O-])c1. The molecule has 2 aromatic heterocycles. The van der Waals surface area contributed by atoms with Gasteiger partial charge in [0.2, 0.25) is 16.9 Å². The lowest BCUT2D eigenvalue weighted by atomic mass is 10.2. The van der Waals surface area contributed by atoms with E-state index < -0.39 is 4.92 Å². The number of benzene rings is 1. The van der Waals surface area contributed by atoms with Gasteiger partial charge in [0.25, 0.3) is 0 Å². The number of aryl methyl sites for hydroxylation is 1. The predicted octanol–water partition coefficient (Wildman–Crippen LogP) is 3.02. The first-order valence-corrected chi connectivity index (χ1v) is 6.22. The van der Waals surface area contributed by atoms with Crippen LogP contribution in [0.4, 0.5) is 5.69 Å². The molecule has 3 rings (SSSR count). The minimum Gasteiger partial charge on any atom is -0.431 e. The maximum Gasteiger partial charge on any atom is 0.311 e. The van der Waals surface area contributed by atoms with Crippen LogP contribution in [0, 0.1) is 17.0 Å². The average molecular weight is 306 g/mol. The van der Waals surface area contributed by atoms with Crippen molar-refractivity contribution in [1.29, 1.82) is 0 Å². The highest BCUT2D eigenvalue weighted by Crippen LogP contribution is 2.34. The van der Waals surface area contributed by atoms with Gasteiger partial charge in [-0.2, -0.15) is 15.1 Å². The van der Waals surface area contributed by atoms with Crippen molar-refractivity contribution in [1.82, 2.24) is 20.2 Å². The number of nitrogens with zero attached hydrogens (tertiary/aromatic N) is 4. The fraction of sp³-hybridized carbons (Fsp3) is 0.0833. The molecular formula is C12H8ClN5O3. The number of halogens is 1. The molecule has 0 bridgehead atoms. The number of fused-ring (bicyclic) bond motifs is 1. The average Bonchev–Trinajstić information content (AvgIpc) is 2.88. The van der Waals surface area contributed by atoms with Crippen LogP contribution in [0.2, 0.25) is 5.28 Å². The fourth-order valence-electron chi connectivity index (χ4n) is 1.82. The Morgan fingerprint density at radius 2 is 2.19 bits per heavy atom. The maximum absolute atomic E-state index is 11.1. The lowest BCUT2D eigenvalue weighted by molar-refractivity contribution is -0.385. The van der Waals surface area contributed by atoms with Crippen LogP contribution >= 0.6 is 11.6 Å². The van der Waals surface area contributed by atoms with Gasteiger partial charge in [-0.25, -0.2) is 0 Å². The van der Waals surface area contributed by atoms with Crippen LogP contribution in [-0.2, 0) is 0 Å². The van der Waals surface area contributed by atoms with E-state index in [2.05, 4.69) is 20.2 Å². The van der Waals surface area contributed by atoms with E-state index in [0.29, 0.717) is 11.0 Å². The molecule has 3 aromatic rings. The second kappa shape index (κ2) is 4.98. The van der Waals surface area contributed by atoms with Gasteiger partial charge in [0.15, 0.2) is 5.65 Å². The Morgan fingerprint density at radius 1 is 1.38 bits per heavy atom. The molecule has 0 radical (unpaired) electrons. The molecule has 1 aromatic carbocycles. The van der Waals surface area contributed by atoms with Crippen LogP contribution in [0.1, 0.15) is 5.56 Å². The molecule has 0 unspecified atom stereocenters. The van der Waals surface area contributed by atoms with E-state index in [0.717, 1.165) is 5.56 Å². The number of rotatable bonds is 3. The molecule has 0 spiro atoms. The Balaban J connectivity index is 2.10. The van der Waals surface area contributed by atoms with Gasteiger partial charge in [0.1, 0.15) is 5.39 Å². The van der Waals surface area contributed by atoms with Gasteiger partial charge in [-0.3, -0.25) is 15.2 Å². The van der Waals surface area contributed by atoms with E-state index in [1.807, 2.05) is 0 Å². The number of H-pyrrole nitrogens is 1. The number of nitro groups is 1. The summed E-state index contributed by atoms with van der Waals surface area (Å²) in [7, 11) is 0. The van der Waals surface area contributed by atoms with Crippen molar-refractivity contribution in [3.8, 4) is 11.6 Å². The summed E-state index contributed by atoms with van der Waals surface area (Å²) >= 11 is 5.79. The van der Waals surface area contributed by atoms with Gasteiger partial charge < -0.3 is 4.74 Å². The summed E-state index contributed by atoms with van der Waals surface area (Å²) in [6, 6.07) is 4.64. The van der Waals surface area contributed by atoms with Gasteiger partial charge in [0, 0.05) is 6.07 Å². The molecule has 0 aliphatic rings. The predicted molar refractivity (Wildman–Crippen MR) is 74.6 cm³/mol. The number of ether oxygens (including phenoxy) is 1. The summed E-state index contributed by atoms with van der Waals surface area (Å²) in [6.45, 7) is 1.76. The van der Waals surface area contributed by atoms with E-state index in [9.17, 15) is 10.1 Å². The molecule has 0 aliphatic heterocycles. The number of hydrogen-bond donors (Lipinski definition) is 1. The monoisotopic (exact) mass is 305 g/mol. The van der Waals surface area contributed by atoms with Crippen molar-refractivity contribution in [2.45, 2.75) is 6.92 Å². The number of aromatic nitrogens is 4. The van der Waals surface area contributed by atoms with Crippen LogP contribution < -0.4 is 4.74 Å². The van der Waals surface area contributed by atoms with Crippen LogP contribution in [0.25, 0.3) is 11.0 Å². The summed E-state index contributed by atoms with van der Waals surface area (Å²) in [4.78, 5) is 18.4. The topological polar surface area (TPSA) is 107 Å². The largest absolute Gasteiger partial charge is 0.431 e. The second-order valence-electron chi connectivity index (χ2n) is 4.26. The summed E-state index contributed by atoms with van der Waals surface area (Å²) < 4.78 is 5.54. The third kappa shape index (κ3) is 2.48. The maximum atomic E-state index is 11.1. The van der Waals surface area contributed by atoms with Gasteiger partial charge in [-0.15, -0.1) is 0 Å². The normalized spacial score (nSPS) is 10.8. The first-order chi connectivity index (χ1) is 10.0. The summed E-state index contributed by atoms with van der Waals surface area (Å²) in [5.41, 5.74) is 0.990. The molecular weight excluding hydrogens is 298 g/mol. The molecule has 0 atom stereocenters. The fourth-order valence-corrected chi connectivity index (χ4v) is 1.98. The highest BCUT2D eigenvalue weighted by molar-refractivity contribution is 6.28. The van der Waals surface area contributed by atoms with E-state index in [1.165, 1.54) is 18.3 Å². The summed E-state index contributed by atoms with van der Waals surface area (Å²) in [6.07, 6.45) is 1.46. The Morgan fingerprint density at radius 3 is 2.95 bits per heavy atom. The molecule has 2 heterocycles. The van der Waals surface area contributed by atoms with Crippen molar-refractivity contribution >= 4 is 28.3 Å². The standard InChI is InChI=1S/C12H8ClN5O3/c1-6-2-3-9(8(4-6)18(19)20)21-11-7-5-14-17-10(7)15-12(13)16-11/h2-5H,1H3,(H,14,15,16,17). The number of aromatic amines is 1. The Bertz CT molecular complexity index is 848. The Labute approximate surface area is 122 Å².